The van der Waals surface area contributed by atoms with Crippen molar-refractivity contribution in [3.63, 3.8) is 0 Å². The second-order valence-electron chi connectivity index (χ2n) is 8.40. The third-order valence-corrected chi connectivity index (χ3v) is 6.18. The van der Waals surface area contributed by atoms with Crippen LogP contribution in [0.15, 0.2) is 10.4 Å². The van der Waals surface area contributed by atoms with Crippen molar-refractivity contribution in [3.05, 3.63) is 16.1 Å². The summed E-state index contributed by atoms with van der Waals surface area (Å²) >= 11 is 1.76. The fourth-order valence-corrected chi connectivity index (χ4v) is 4.64. The van der Waals surface area contributed by atoms with Crippen LogP contribution in [0.2, 0.25) is 0 Å². The van der Waals surface area contributed by atoms with Gasteiger partial charge < -0.3 is 15.0 Å². The largest absolute Gasteiger partial charge is 0.379 e. The van der Waals surface area contributed by atoms with E-state index in [0.717, 1.165) is 64.9 Å². The molecule has 1 atom stereocenters. The highest BCUT2D eigenvalue weighted by Crippen LogP contribution is 2.24. The molecule has 0 amide bonds. The number of hydrogen-bond acceptors (Lipinski definition) is 5. The highest BCUT2D eigenvalue weighted by atomic mass is 32.1. The first-order valence-electron chi connectivity index (χ1n) is 10.3. The molecule has 3 heterocycles. The van der Waals surface area contributed by atoms with Gasteiger partial charge in [0.2, 0.25) is 0 Å². The second kappa shape index (κ2) is 9.34. The van der Waals surface area contributed by atoms with Crippen molar-refractivity contribution in [2.24, 2.45) is 4.99 Å². The summed E-state index contributed by atoms with van der Waals surface area (Å²) in [7, 11) is 0. The number of hydrogen-bond donors (Lipinski definition) is 1. The summed E-state index contributed by atoms with van der Waals surface area (Å²) in [4.78, 5) is 14.7. The Morgan fingerprint density at radius 1 is 1.33 bits per heavy atom. The molecule has 1 aromatic rings. The van der Waals surface area contributed by atoms with Crippen molar-refractivity contribution in [2.45, 2.75) is 52.0 Å². The summed E-state index contributed by atoms with van der Waals surface area (Å²) in [6.07, 6.45) is 2.13. The van der Waals surface area contributed by atoms with Crippen LogP contribution in [0.5, 0.6) is 0 Å². The van der Waals surface area contributed by atoms with Crippen molar-refractivity contribution in [1.82, 2.24) is 20.1 Å². The average Bonchev–Trinajstić information content (AvgIpc) is 3.31. The molecule has 0 bridgehead atoms. The highest BCUT2D eigenvalue weighted by Gasteiger charge is 2.30. The van der Waals surface area contributed by atoms with Gasteiger partial charge in [-0.05, 0) is 13.3 Å². The molecule has 0 saturated carbocycles. The molecule has 0 radical (unpaired) electrons. The number of nitrogens with zero attached hydrogens (tertiary/aromatic N) is 4. The van der Waals surface area contributed by atoms with Crippen molar-refractivity contribution in [3.8, 4) is 0 Å². The number of nitrogens with one attached hydrogen (secondary N) is 1. The van der Waals surface area contributed by atoms with E-state index in [0.29, 0.717) is 6.04 Å². The maximum atomic E-state index is 5.49. The number of likely N-dealkylation sites (tertiary alicyclic amines) is 1. The first kappa shape index (κ1) is 20.6. The molecule has 2 aliphatic rings. The molecule has 7 heteroatoms. The lowest BCUT2D eigenvalue weighted by Crippen LogP contribution is -2.46. The molecular weight excluding hydrogens is 358 g/mol. The van der Waals surface area contributed by atoms with E-state index in [2.05, 4.69) is 48.2 Å². The minimum Gasteiger partial charge on any atom is -0.379 e. The predicted molar refractivity (Wildman–Crippen MR) is 113 cm³/mol. The molecule has 2 aliphatic heterocycles. The molecule has 6 nitrogen and oxygen atoms in total. The van der Waals surface area contributed by atoms with Gasteiger partial charge in [0.05, 0.1) is 23.9 Å². The first-order valence-corrected chi connectivity index (χ1v) is 11.1. The molecule has 0 aliphatic carbocycles. The van der Waals surface area contributed by atoms with Crippen LogP contribution in [-0.4, -0.2) is 79.3 Å². The van der Waals surface area contributed by atoms with E-state index in [1.807, 2.05) is 0 Å². The Bertz CT molecular complexity index is 618. The van der Waals surface area contributed by atoms with Crippen LogP contribution < -0.4 is 5.32 Å². The second-order valence-corrected chi connectivity index (χ2v) is 9.34. The van der Waals surface area contributed by atoms with Crippen LogP contribution in [0.3, 0.4) is 0 Å². The SMILES string of the molecule is CCNC(=NCCc1nc(C(C)(C)C)cs1)N1CCC(N2CCOCC2)C1. The fraction of sp³-hybridized carbons (Fsp3) is 0.800. The van der Waals surface area contributed by atoms with Gasteiger partial charge in [0, 0.05) is 62.5 Å². The lowest BCUT2D eigenvalue weighted by atomic mass is 9.93. The lowest BCUT2D eigenvalue weighted by Gasteiger charge is -2.32. The van der Waals surface area contributed by atoms with Gasteiger partial charge in [-0.3, -0.25) is 9.89 Å². The zero-order chi connectivity index (χ0) is 19.3. The van der Waals surface area contributed by atoms with E-state index in [-0.39, 0.29) is 5.41 Å². The molecule has 27 heavy (non-hydrogen) atoms. The van der Waals surface area contributed by atoms with Gasteiger partial charge in [-0.2, -0.15) is 0 Å². The smallest absolute Gasteiger partial charge is 0.193 e. The van der Waals surface area contributed by atoms with Crippen molar-refractivity contribution in [2.75, 3.05) is 52.5 Å². The molecule has 2 saturated heterocycles. The highest BCUT2D eigenvalue weighted by molar-refractivity contribution is 7.09. The Balaban J connectivity index is 1.54. The maximum absolute atomic E-state index is 5.49. The predicted octanol–water partition coefficient (Wildman–Crippen LogP) is 2.36. The molecule has 2 fully saturated rings. The Morgan fingerprint density at radius 2 is 2.11 bits per heavy atom. The van der Waals surface area contributed by atoms with Crippen molar-refractivity contribution >= 4 is 17.3 Å². The van der Waals surface area contributed by atoms with E-state index >= 15 is 0 Å². The Kier molecular flexibility index (Phi) is 7.11. The minimum atomic E-state index is 0.122. The van der Waals surface area contributed by atoms with Gasteiger partial charge >= 0.3 is 0 Å². The number of thiazole rings is 1. The summed E-state index contributed by atoms with van der Waals surface area (Å²) < 4.78 is 5.49. The lowest BCUT2D eigenvalue weighted by molar-refractivity contribution is 0.0195. The van der Waals surface area contributed by atoms with Crippen LogP contribution in [0, 0.1) is 0 Å². The van der Waals surface area contributed by atoms with Gasteiger partial charge in [0.1, 0.15) is 0 Å². The number of aromatic nitrogens is 1. The Hall–Kier alpha value is -1.18. The standard InChI is InChI=1S/C20H35N5OS/c1-5-21-19(22-8-6-18-23-17(15-27-18)20(2,3)4)25-9-7-16(14-25)24-10-12-26-13-11-24/h15-16H,5-14H2,1-4H3,(H,21,22). The molecule has 0 aromatic carbocycles. The fourth-order valence-electron chi connectivity index (χ4n) is 3.63. The molecule has 0 spiro atoms. The number of morpholine rings is 1. The van der Waals surface area contributed by atoms with Gasteiger partial charge in [-0.15, -0.1) is 11.3 Å². The summed E-state index contributed by atoms with van der Waals surface area (Å²) in [5.74, 6) is 1.06. The van der Waals surface area contributed by atoms with Crippen LogP contribution in [-0.2, 0) is 16.6 Å². The maximum Gasteiger partial charge on any atom is 0.193 e. The molecular formula is C20H35N5OS. The van der Waals surface area contributed by atoms with E-state index in [1.165, 1.54) is 17.1 Å². The topological polar surface area (TPSA) is 53.0 Å². The molecule has 1 aromatic heterocycles. The van der Waals surface area contributed by atoms with Gasteiger partial charge in [0.15, 0.2) is 5.96 Å². The van der Waals surface area contributed by atoms with Gasteiger partial charge in [0.25, 0.3) is 0 Å². The van der Waals surface area contributed by atoms with E-state index < -0.39 is 0 Å². The van der Waals surface area contributed by atoms with Gasteiger partial charge in [-0.1, -0.05) is 20.8 Å². The zero-order valence-corrected chi connectivity index (χ0v) is 18.1. The van der Waals surface area contributed by atoms with Gasteiger partial charge in [-0.25, -0.2) is 4.98 Å². The van der Waals surface area contributed by atoms with Crippen LogP contribution in [0.25, 0.3) is 0 Å². The molecule has 152 valence electrons. The Morgan fingerprint density at radius 3 is 2.78 bits per heavy atom. The third-order valence-electron chi connectivity index (χ3n) is 5.27. The van der Waals surface area contributed by atoms with E-state index in [1.54, 1.807) is 11.3 Å². The summed E-state index contributed by atoms with van der Waals surface area (Å²) in [5.41, 5.74) is 1.31. The average molecular weight is 394 g/mol. The minimum absolute atomic E-state index is 0.122. The summed E-state index contributed by atoms with van der Waals surface area (Å²) in [5, 5.41) is 6.86. The van der Waals surface area contributed by atoms with Crippen molar-refractivity contribution < 1.29 is 4.74 Å². The first-order chi connectivity index (χ1) is 13.0. The van der Waals surface area contributed by atoms with E-state index in [9.17, 15) is 0 Å². The van der Waals surface area contributed by atoms with E-state index in [4.69, 9.17) is 14.7 Å². The van der Waals surface area contributed by atoms with Crippen LogP contribution in [0.1, 0.15) is 44.8 Å². The summed E-state index contributed by atoms with van der Waals surface area (Å²) in [6.45, 7) is 16.5. The number of aliphatic imine (C=N–C) groups is 1. The number of ether oxygens (including phenoxy) is 1. The monoisotopic (exact) mass is 393 g/mol. The van der Waals surface area contributed by atoms with Crippen molar-refractivity contribution in [1.29, 1.82) is 0 Å². The molecule has 1 N–H and O–H groups in total. The Labute approximate surface area is 168 Å². The summed E-state index contributed by atoms with van der Waals surface area (Å²) in [6, 6.07) is 0.631. The zero-order valence-electron chi connectivity index (χ0n) is 17.3. The van der Waals surface area contributed by atoms with Crippen LogP contribution in [0.4, 0.5) is 0 Å². The van der Waals surface area contributed by atoms with Crippen LogP contribution >= 0.6 is 11.3 Å². The number of rotatable bonds is 5. The quantitative estimate of drug-likeness (QED) is 0.615. The number of guanidine groups is 1. The molecule has 1 unspecified atom stereocenters. The molecule has 3 rings (SSSR count). The normalized spacial score (nSPS) is 22.4. The third kappa shape index (κ3) is 5.65.